The number of carbonyl (C=O) groups is 1. The van der Waals surface area contributed by atoms with Crippen LogP contribution in [0.4, 0.5) is 5.69 Å². The molecule has 0 fully saturated rings. The van der Waals surface area contributed by atoms with Crippen LogP contribution in [0.25, 0.3) is 0 Å². The Morgan fingerprint density at radius 3 is 2.07 bits per heavy atom. The molecule has 0 aliphatic carbocycles. The molecule has 6 nitrogen and oxygen atoms in total. The number of nitrogens with one attached hydrogen (secondary N) is 3. The molecular weight excluding hydrogens is 406 g/mol. The third-order valence-corrected chi connectivity index (χ3v) is 5.43. The lowest BCUT2D eigenvalue weighted by Gasteiger charge is -2.20. The molecule has 0 saturated heterocycles. The Morgan fingerprint density at radius 1 is 1.00 bits per heavy atom. The molecule has 0 atom stereocenters. The van der Waals surface area contributed by atoms with Crippen molar-refractivity contribution in [1.29, 1.82) is 0 Å². The van der Waals surface area contributed by atoms with Crippen molar-refractivity contribution in [3.63, 3.8) is 0 Å². The Kier molecular flexibility index (Phi) is 6.59. The Morgan fingerprint density at radius 2 is 1.56 bits per heavy atom. The first kappa shape index (κ1) is 21.3. The molecule has 0 aliphatic rings. The molecule has 2 rings (SSSR count). The molecule has 1 amide bonds. The largest absolute Gasteiger partial charge is 0.332 e. The minimum Gasteiger partial charge on any atom is -0.332 e. The Balaban J connectivity index is 2.00. The second-order valence-electron chi connectivity index (χ2n) is 6.80. The summed E-state index contributed by atoms with van der Waals surface area (Å²) in [5.74, 6) is -0.377. The third-order valence-electron chi connectivity index (χ3n) is 3.20. The van der Waals surface area contributed by atoms with Gasteiger partial charge in [0.05, 0.1) is 4.90 Å². The standard InChI is InChI=1S/C18H20ClN3O3S2/c1-18(2,3)22-27(24,25)15-10-8-14(9-11-15)20-17(26)21-16(23)12-4-6-13(19)7-5-12/h4-11,22H,1-3H3,(H2,20,21,23,26). The van der Waals surface area contributed by atoms with Crippen LogP contribution in [0.1, 0.15) is 31.1 Å². The maximum Gasteiger partial charge on any atom is 0.257 e. The second-order valence-corrected chi connectivity index (χ2v) is 9.32. The van der Waals surface area contributed by atoms with Crippen LogP contribution in [0.15, 0.2) is 53.4 Å². The summed E-state index contributed by atoms with van der Waals surface area (Å²) in [6, 6.07) is 12.4. The summed E-state index contributed by atoms with van der Waals surface area (Å²) in [5, 5.41) is 6.01. The second kappa shape index (κ2) is 8.35. The van der Waals surface area contributed by atoms with Gasteiger partial charge in [0, 0.05) is 21.8 Å². The fourth-order valence-corrected chi connectivity index (χ4v) is 3.87. The van der Waals surface area contributed by atoms with Gasteiger partial charge in [-0.2, -0.15) is 0 Å². The van der Waals surface area contributed by atoms with Crippen molar-refractivity contribution in [1.82, 2.24) is 10.0 Å². The van der Waals surface area contributed by atoms with Crippen LogP contribution in [0.3, 0.4) is 0 Å². The topological polar surface area (TPSA) is 87.3 Å². The number of hydrogen-bond donors (Lipinski definition) is 3. The molecule has 3 N–H and O–H groups in total. The van der Waals surface area contributed by atoms with Crippen molar-refractivity contribution in [2.45, 2.75) is 31.2 Å². The molecular formula is C18H20ClN3O3S2. The van der Waals surface area contributed by atoms with Crippen LogP contribution in [0.2, 0.25) is 5.02 Å². The normalized spacial score (nSPS) is 11.7. The van der Waals surface area contributed by atoms with Crippen LogP contribution >= 0.6 is 23.8 Å². The molecule has 0 radical (unpaired) electrons. The molecule has 2 aromatic rings. The summed E-state index contributed by atoms with van der Waals surface area (Å²) in [4.78, 5) is 12.2. The van der Waals surface area contributed by atoms with Crippen LogP contribution in [-0.2, 0) is 10.0 Å². The van der Waals surface area contributed by atoms with Crippen molar-refractivity contribution in [2.24, 2.45) is 0 Å². The first-order valence-corrected chi connectivity index (χ1v) is 10.3. The van der Waals surface area contributed by atoms with Gasteiger partial charge in [0.25, 0.3) is 5.91 Å². The van der Waals surface area contributed by atoms with Gasteiger partial charge in [-0.15, -0.1) is 0 Å². The van der Waals surface area contributed by atoms with E-state index >= 15 is 0 Å². The fraction of sp³-hybridized carbons (Fsp3) is 0.222. The van der Waals surface area contributed by atoms with Crippen LogP contribution < -0.4 is 15.4 Å². The molecule has 0 unspecified atom stereocenters. The number of thiocarbonyl (C=S) groups is 1. The van der Waals surface area contributed by atoms with Crippen molar-refractivity contribution in [3.8, 4) is 0 Å². The van der Waals surface area contributed by atoms with Gasteiger partial charge in [-0.25, -0.2) is 13.1 Å². The Bertz CT molecular complexity index is 935. The minimum absolute atomic E-state index is 0.0957. The smallest absolute Gasteiger partial charge is 0.257 e. The highest BCUT2D eigenvalue weighted by Crippen LogP contribution is 2.16. The number of amides is 1. The molecule has 2 aromatic carbocycles. The number of carbonyl (C=O) groups excluding carboxylic acids is 1. The lowest BCUT2D eigenvalue weighted by Crippen LogP contribution is -2.40. The van der Waals surface area contributed by atoms with Crippen molar-refractivity contribution >= 4 is 50.5 Å². The van der Waals surface area contributed by atoms with Crippen molar-refractivity contribution < 1.29 is 13.2 Å². The molecule has 27 heavy (non-hydrogen) atoms. The first-order chi connectivity index (χ1) is 12.5. The zero-order valence-electron chi connectivity index (χ0n) is 15.0. The summed E-state index contributed by atoms with van der Waals surface area (Å²) in [6.45, 7) is 5.30. The van der Waals surface area contributed by atoms with Crippen molar-refractivity contribution in [2.75, 3.05) is 5.32 Å². The lowest BCUT2D eigenvalue weighted by atomic mass is 10.1. The van der Waals surface area contributed by atoms with E-state index in [9.17, 15) is 13.2 Å². The SMILES string of the molecule is CC(C)(C)NS(=O)(=O)c1ccc(NC(=S)NC(=O)c2ccc(Cl)cc2)cc1. The summed E-state index contributed by atoms with van der Waals surface area (Å²) in [7, 11) is -3.61. The fourth-order valence-electron chi connectivity index (χ4n) is 2.12. The van der Waals surface area contributed by atoms with Gasteiger partial charge < -0.3 is 5.32 Å². The predicted octanol–water partition coefficient (Wildman–Crippen LogP) is 3.54. The summed E-state index contributed by atoms with van der Waals surface area (Å²) >= 11 is 10.9. The number of halogens is 1. The van der Waals surface area contributed by atoms with E-state index in [1.807, 2.05) is 0 Å². The highest BCUT2D eigenvalue weighted by atomic mass is 35.5. The minimum atomic E-state index is -3.61. The number of hydrogen-bond acceptors (Lipinski definition) is 4. The van der Waals surface area contributed by atoms with Crippen molar-refractivity contribution in [3.05, 3.63) is 59.1 Å². The van der Waals surface area contributed by atoms with E-state index in [1.165, 1.54) is 12.1 Å². The number of rotatable bonds is 4. The number of anilines is 1. The van der Waals surface area contributed by atoms with E-state index in [2.05, 4.69) is 15.4 Å². The van der Waals surface area contributed by atoms with Crippen LogP contribution in [0, 0.1) is 0 Å². The average molecular weight is 426 g/mol. The molecule has 9 heteroatoms. The van der Waals surface area contributed by atoms with E-state index in [0.29, 0.717) is 16.3 Å². The average Bonchev–Trinajstić information content (AvgIpc) is 2.53. The molecule has 0 saturated carbocycles. The highest BCUT2D eigenvalue weighted by Gasteiger charge is 2.21. The van der Waals surface area contributed by atoms with E-state index in [0.717, 1.165) is 0 Å². The molecule has 144 valence electrons. The number of sulfonamides is 1. The lowest BCUT2D eigenvalue weighted by molar-refractivity contribution is 0.0977. The summed E-state index contributed by atoms with van der Waals surface area (Å²) < 4.78 is 27.1. The van der Waals surface area contributed by atoms with E-state index in [1.54, 1.807) is 57.2 Å². The predicted molar refractivity (Wildman–Crippen MR) is 112 cm³/mol. The summed E-state index contributed by atoms with van der Waals surface area (Å²) in [6.07, 6.45) is 0. The van der Waals surface area contributed by atoms with Gasteiger partial charge in [-0.1, -0.05) is 11.6 Å². The zero-order chi connectivity index (χ0) is 20.2. The molecule has 0 bridgehead atoms. The maximum atomic E-state index is 12.3. The summed E-state index contributed by atoms with van der Waals surface area (Å²) in [5.41, 5.74) is 0.382. The molecule has 0 aromatic heterocycles. The van der Waals surface area contributed by atoms with Gasteiger partial charge in [-0.05, 0) is 81.5 Å². The Labute approximate surface area is 169 Å². The Hall–Kier alpha value is -2.00. The van der Waals surface area contributed by atoms with Gasteiger partial charge in [-0.3, -0.25) is 10.1 Å². The van der Waals surface area contributed by atoms with E-state index in [-0.39, 0.29) is 15.9 Å². The molecule has 0 spiro atoms. The highest BCUT2D eigenvalue weighted by molar-refractivity contribution is 7.89. The first-order valence-electron chi connectivity index (χ1n) is 7.98. The maximum absolute atomic E-state index is 12.3. The quantitative estimate of drug-likeness (QED) is 0.652. The van der Waals surface area contributed by atoms with Crippen LogP contribution in [-0.4, -0.2) is 25.0 Å². The van der Waals surface area contributed by atoms with Gasteiger partial charge in [0.2, 0.25) is 10.0 Å². The van der Waals surface area contributed by atoms with Gasteiger partial charge in [0.15, 0.2) is 5.11 Å². The number of benzene rings is 2. The third kappa shape index (κ3) is 6.59. The van der Waals surface area contributed by atoms with E-state index < -0.39 is 15.6 Å². The zero-order valence-corrected chi connectivity index (χ0v) is 17.4. The van der Waals surface area contributed by atoms with E-state index in [4.69, 9.17) is 23.8 Å². The monoisotopic (exact) mass is 425 g/mol. The van der Waals surface area contributed by atoms with Gasteiger partial charge in [0.1, 0.15) is 0 Å². The molecule has 0 heterocycles. The van der Waals surface area contributed by atoms with Crippen LogP contribution in [0.5, 0.6) is 0 Å². The van der Waals surface area contributed by atoms with Gasteiger partial charge >= 0.3 is 0 Å². The molecule has 0 aliphatic heterocycles.